The summed E-state index contributed by atoms with van der Waals surface area (Å²) in [6.45, 7) is 0. The lowest BCUT2D eigenvalue weighted by Crippen LogP contribution is -2.15. The van der Waals surface area contributed by atoms with Gasteiger partial charge in [-0.05, 0) is 24.3 Å². The standard InChI is InChI=1S/C18H13N3O4S2/c22-15(19-12-2-3-14-11(7-12)1-4-17(24)25-14)10-26-9-13-8-16(23)21-5-6-27-18(21)20-13/h1-8H,9-10H2,(H,19,22). The maximum atomic E-state index is 12.1. The Bertz CT molecular complexity index is 1260. The number of thioether (sulfide) groups is 1. The molecule has 9 heteroatoms. The monoisotopic (exact) mass is 399 g/mol. The summed E-state index contributed by atoms with van der Waals surface area (Å²) in [5.41, 5.74) is 1.21. The van der Waals surface area contributed by atoms with Crippen molar-refractivity contribution in [3.63, 3.8) is 0 Å². The molecule has 0 aliphatic carbocycles. The van der Waals surface area contributed by atoms with E-state index in [2.05, 4.69) is 10.3 Å². The maximum Gasteiger partial charge on any atom is 0.336 e. The molecule has 0 saturated carbocycles. The van der Waals surface area contributed by atoms with Gasteiger partial charge in [0.15, 0.2) is 4.96 Å². The number of rotatable bonds is 5. The second kappa shape index (κ2) is 7.37. The minimum absolute atomic E-state index is 0.121. The van der Waals surface area contributed by atoms with Gasteiger partial charge in [-0.3, -0.25) is 14.0 Å². The Labute approximate surface area is 160 Å². The van der Waals surface area contributed by atoms with Gasteiger partial charge in [0.1, 0.15) is 5.58 Å². The van der Waals surface area contributed by atoms with E-state index < -0.39 is 5.63 Å². The van der Waals surface area contributed by atoms with Crippen LogP contribution in [0.4, 0.5) is 5.69 Å². The van der Waals surface area contributed by atoms with Crippen molar-refractivity contribution in [1.29, 1.82) is 0 Å². The van der Waals surface area contributed by atoms with Crippen LogP contribution in [0.15, 0.2) is 62.0 Å². The summed E-state index contributed by atoms with van der Waals surface area (Å²) in [6.07, 6.45) is 1.69. The SMILES string of the molecule is O=C(CSCc1cc(=O)n2ccsc2n1)Nc1ccc2oc(=O)ccc2c1. The van der Waals surface area contributed by atoms with Crippen LogP contribution in [0.5, 0.6) is 0 Å². The van der Waals surface area contributed by atoms with Crippen molar-refractivity contribution in [3.8, 4) is 0 Å². The Morgan fingerprint density at radius 1 is 1.22 bits per heavy atom. The van der Waals surface area contributed by atoms with Crippen molar-refractivity contribution >= 4 is 50.6 Å². The molecule has 4 rings (SSSR count). The smallest absolute Gasteiger partial charge is 0.336 e. The molecule has 4 aromatic rings. The van der Waals surface area contributed by atoms with Crippen molar-refractivity contribution in [1.82, 2.24) is 9.38 Å². The molecule has 0 aliphatic rings. The van der Waals surface area contributed by atoms with E-state index in [0.29, 0.717) is 27.7 Å². The lowest BCUT2D eigenvalue weighted by molar-refractivity contribution is -0.113. The number of fused-ring (bicyclic) bond motifs is 2. The van der Waals surface area contributed by atoms with E-state index in [1.54, 1.807) is 30.5 Å². The molecule has 0 bridgehead atoms. The van der Waals surface area contributed by atoms with Gasteiger partial charge in [0.05, 0.1) is 11.4 Å². The Kier molecular flexibility index (Phi) is 4.78. The van der Waals surface area contributed by atoms with E-state index in [1.807, 2.05) is 5.38 Å². The predicted octanol–water partition coefficient (Wildman–Crippen LogP) is 2.73. The van der Waals surface area contributed by atoms with Crippen LogP contribution < -0.4 is 16.5 Å². The zero-order valence-corrected chi connectivity index (χ0v) is 15.5. The molecule has 0 fully saturated rings. The van der Waals surface area contributed by atoms with Gasteiger partial charge in [-0.2, -0.15) is 0 Å². The summed E-state index contributed by atoms with van der Waals surface area (Å²) >= 11 is 2.78. The van der Waals surface area contributed by atoms with Gasteiger partial charge >= 0.3 is 5.63 Å². The number of carbonyl (C=O) groups excluding carboxylic acids is 1. The molecular weight excluding hydrogens is 386 g/mol. The lowest BCUT2D eigenvalue weighted by Gasteiger charge is -2.06. The van der Waals surface area contributed by atoms with Gasteiger partial charge < -0.3 is 9.73 Å². The minimum atomic E-state index is -0.412. The molecule has 27 heavy (non-hydrogen) atoms. The predicted molar refractivity (Wildman–Crippen MR) is 107 cm³/mol. The molecule has 0 unspecified atom stereocenters. The third-order valence-electron chi connectivity index (χ3n) is 3.74. The van der Waals surface area contributed by atoms with E-state index in [-0.39, 0.29) is 17.2 Å². The van der Waals surface area contributed by atoms with Gasteiger partial charge in [0.2, 0.25) is 5.91 Å². The molecule has 0 spiro atoms. The average molecular weight is 399 g/mol. The Morgan fingerprint density at radius 2 is 2.11 bits per heavy atom. The molecular formula is C18H13N3O4S2. The first kappa shape index (κ1) is 17.5. The highest BCUT2D eigenvalue weighted by atomic mass is 32.2. The lowest BCUT2D eigenvalue weighted by atomic mass is 10.2. The van der Waals surface area contributed by atoms with Gasteiger partial charge in [-0.15, -0.1) is 23.1 Å². The van der Waals surface area contributed by atoms with Crippen molar-refractivity contribution in [2.45, 2.75) is 5.75 Å². The van der Waals surface area contributed by atoms with Crippen LogP contribution in [0.25, 0.3) is 15.9 Å². The summed E-state index contributed by atoms with van der Waals surface area (Å²) in [5, 5.41) is 5.35. The highest BCUT2D eigenvalue weighted by Crippen LogP contribution is 2.18. The number of carbonyl (C=O) groups is 1. The van der Waals surface area contributed by atoms with Gasteiger partial charge in [-0.1, -0.05) is 0 Å². The second-order valence-corrected chi connectivity index (χ2v) is 7.55. The molecule has 0 atom stereocenters. The number of hydrogen-bond acceptors (Lipinski definition) is 7. The fourth-order valence-corrected chi connectivity index (χ4v) is 4.01. The molecule has 1 amide bonds. The third-order valence-corrected chi connectivity index (χ3v) is 5.47. The Morgan fingerprint density at radius 3 is 3.00 bits per heavy atom. The van der Waals surface area contributed by atoms with Crippen LogP contribution in [0.2, 0.25) is 0 Å². The zero-order chi connectivity index (χ0) is 18.8. The summed E-state index contributed by atoms with van der Waals surface area (Å²) in [7, 11) is 0. The Hall–Kier alpha value is -2.91. The molecule has 3 heterocycles. The molecule has 1 N–H and O–H groups in total. The number of benzene rings is 1. The highest BCUT2D eigenvalue weighted by molar-refractivity contribution is 7.99. The summed E-state index contributed by atoms with van der Waals surface area (Å²) in [6, 6.07) is 9.55. The number of nitrogens with zero attached hydrogens (tertiary/aromatic N) is 2. The van der Waals surface area contributed by atoms with Crippen LogP contribution in [0.1, 0.15) is 5.69 Å². The quantitative estimate of drug-likeness (QED) is 0.519. The van der Waals surface area contributed by atoms with E-state index in [9.17, 15) is 14.4 Å². The topological polar surface area (TPSA) is 93.7 Å². The number of hydrogen-bond donors (Lipinski definition) is 1. The Balaban J connectivity index is 1.37. The maximum absolute atomic E-state index is 12.1. The zero-order valence-electron chi connectivity index (χ0n) is 13.9. The molecule has 0 aliphatic heterocycles. The van der Waals surface area contributed by atoms with Gasteiger partial charge in [0, 0.05) is 40.5 Å². The van der Waals surface area contributed by atoms with Crippen molar-refractivity contribution < 1.29 is 9.21 Å². The first-order valence-electron chi connectivity index (χ1n) is 7.96. The van der Waals surface area contributed by atoms with Gasteiger partial charge in [0.25, 0.3) is 5.56 Å². The van der Waals surface area contributed by atoms with Crippen LogP contribution in [0.3, 0.4) is 0 Å². The van der Waals surface area contributed by atoms with Crippen LogP contribution in [-0.2, 0) is 10.5 Å². The van der Waals surface area contributed by atoms with E-state index in [4.69, 9.17) is 4.42 Å². The summed E-state index contributed by atoms with van der Waals surface area (Å²) in [4.78, 5) is 40.3. The van der Waals surface area contributed by atoms with E-state index in [0.717, 1.165) is 5.39 Å². The third kappa shape index (κ3) is 3.93. The normalized spacial score (nSPS) is 11.1. The minimum Gasteiger partial charge on any atom is -0.423 e. The van der Waals surface area contributed by atoms with Crippen LogP contribution in [0, 0.1) is 0 Å². The summed E-state index contributed by atoms with van der Waals surface area (Å²) in [5.74, 6) is 0.540. The number of thiazole rings is 1. The molecule has 7 nitrogen and oxygen atoms in total. The van der Waals surface area contributed by atoms with E-state index in [1.165, 1.54) is 39.6 Å². The number of amides is 1. The number of aromatic nitrogens is 2. The van der Waals surface area contributed by atoms with Crippen LogP contribution in [-0.4, -0.2) is 21.0 Å². The molecule has 136 valence electrons. The fraction of sp³-hybridized carbons (Fsp3) is 0.111. The second-order valence-electron chi connectivity index (χ2n) is 5.69. The number of anilines is 1. The van der Waals surface area contributed by atoms with Crippen molar-refractivity contribution in [2.24, 2.45) is 0 Å². The summed E-state index contributed by atoms with van der Waals surface area (Å²) < 4.78 is 6.56. The van der Waals surface area contributed by atoms with Gasteiger partial charge in [-0.25, -0.2) is 9.78 Å². The van der Waals surface area contributed by atoms with Crippen LogP contribution >= 0.6 is 23.1 Å². The first-order valence-corrected chi connectivity index (χ1v) is 9.99. The first-order chi connectivity index (χ1) is 13.1. The molecule has 3 aromatic heterocycles. The fourth-order valence-electron chi connectivity index (χ4n) is 2.56. The van der Waals surface area contributed by atoms with Crippen molar-refractivity contribution in [3.05, 3.63) is 74.4 Å². The highest BCUT2D eigenvalue weighted by Gasteiger charge is 2.07. The van der Waals surface area contributed by atoms with E-state index >= 15 is 0 Å². The molecule has 1 aromatic carbocycles. The average Bonchev–Trinajstić information content (AvgIpc) is 3.11. The largest absolute Gasteiger partial charge is 0.423 e. The van der Waals surface area contributed by atoms with Crippen molar-refractivity contribution in [2.75, 3.05) is 11.1 Å². The molecule has 0 radical (unpaired) electrons. The molecule has 0 saturated heterocycles. The number of nitrogens with one attached hydrogen (secondary N) is 1.